The predicted molar refractivity (Wildman–Crippen MR) is 69.7 cm³/mol. The molecule has 1 aromatic rings. The van der Waals surface area contributed by atoms with E-state index in [1.807, 2.05) is 13.8 Å². The molecule has 0 aromatic heterocycles. The highest BCUT2D eigenvalue weighted by Crippen LogP contribution is 2.22. The Kier molecular flexibility index (Phi) is 4.40. The van der Waals surface area contributed by atoms with Crippen LogP contribution in [0.2, 0.25) is 0 Å². The van der Waals surface area contributed by atoms with Gasteiger partial charge in [0, 0.05) is 11.4 Å². The number of carbonyl (C=O) groups is 1. The summed E-state index contributed by atoms with van der Waals surface area (Å²) in [5.41, 5.74) is 0.607. The summed E-state index contributed by atoms with van der Waals surface area (Å²) >= 11 is 5.67. The van der Waals surface area contributed by atoms with Gasteiger partial charge < -0.3 is 10.4 Å². The summed E-state index contributed by atoms with van der Waals surface area (Å²) in [5, 5.41) is 12.7. The number of hydrogen-bond donors (Lipinski definition) is 2. The quantitative estimate of drug-likeness (QED) is 0.813. The highest BCUT2D eigenvalue weighted by molar-refractivity contribution is 6.17. The van der Waals surface area contributed by atoms with Gasteiger partial charge in [0.25, 0.3) is 5.91 Å². The van der Waals surface area contributed by atoms with Gasteiger partial charge in [0.05, 0.1) is 5.56 Å². The molecule has 0 heterocycles. The molecule has 0 aliphatic rings. The van der Waals surface area contributed by atoms with Crippen molar-refractivity contribution >= 4 is 17.5 Å². The number of benzene rings is 1. The molecular formula is C13H18ClNO2. The van der Waals surface area contributed by atoms with E-state index in [-0.39, 0.29) is 17.2 Å². The van der Waals surface area contributed by atoms with E-state index in [1.165, 1.54) is 0 Å². The number of nitrogens with one attached hydrogen (secondary N) is 1. The number of rotatable bonds is 4. The summed E-state index contributed by atoms with van der Waals surface area (Å²) < 4.78 is 0. The van der Waals surface area contributed by atoms with E-state index in [0.29, 0.717) is 23.4 Å². The zero-order valence-corrected chi connectivity index (χ0v) is 11.1. The average molecular weight is 256 g/mol. The molecule has 0 radical (unpaired) electrons. The summed E-state index contributed by atoms with van der Waals surface area (Å²) in [6.07, 6.45) is 0.673. The first kappa shape index (κ1) is 13.8. The lowest BCUT2D eigenvalue weighted by Crippen LogP contribution is -2.43. The molecule has 0 saturated heterocycles. The lowest BCUT2D eigenvalue weighted by molar-refractivity contribution is 0.0909. The summed E-state index contributed by atoms with van der Waals surface area (Å²) in [4.78, 5) is 12.0. The number of para-hydroxylation sites is 1. The molecule has 1 rings (SSSR count). The monoisotopic (exact) mass is 255 g/mol. The number of hydrogen-bond acceptors (Lipinski definition) is 2. The van der Waals surface area contributed by atoms with Gasteiger partial charge in [-0.15, -0.1) is 11.6 Å². The fraction of sp³-hybridized carbons (Fsp3) is 0.462. The number of carbonyl (C=O) groups excluding carboxylic acids is 1. The Labute approximate surface area is 107 Å². The third-order valence-electron chi connectivity index (χ3n) is 2.65. The standard InChI is InChI=1S/C13H18ClNO2/c1-9-5-4-6-10(11(9)16)12(17)15-13(2,3)7-8-14/h4-6,16H,7-8H2,1-3H3,(H,15,17). The minimum Gasteiger partial charge on any atom is -0.507 e. The normalized spacial score (nSPS) is 11.3. The molecule has 0 unspecified atom stereocenters. The number of aryl methyl sites for hydroxylation is 1. The molecule has 0 bridgehead atoms. The molecule has 94 valence electrons. The number of amides is 1. The third kappa shape index (κ3) is 3.63. The van der Waals surface area contributed by atoms with Crippen LogP contribution < -0.4 is 5.32 Å². The molecule has 4 heteroatoms. The van der Waals surface area contributed by atoms with Crippen LogP contribution in [0.3, 0.4) is 0 Å². The second kappa shape index (κ2) is 5.41. The Balaban J connectivity index is 2.87. The van der Waals surface area contributed by atoms with E-state index >= 15 is 0 Å². The van der Waals surface area contributed by atoms with Crippen molar-refractivity contribution in [3.8, 4) is 5.75 Å². The Morgan fingerprint density at radius 1 is 1.47 bits per heavy atom. The first-order valence-electron chi connectivity index (χ1n) is 5.54. The van der Waals surface area contributed by atoms with Gasteiger partial charge in [-0.2, -0.15) is 0 Å². The molecule has 17 heavy (non-hydrogen) atoms. The Bertz CT molecular complexity index is 416. The summed E-state index contributed by atoms with van der Waals surface area (Å²) in [6.45, 7) is 5.57. The fourth-order valence-corrected chi connectivity index (χ4v) is 1.99. The van der Waals surface area contributed by atoms with Gasteiger partial charge in [-0.05, 0) is 38.8 Å². The maximum absolute atomic E-state index is 12.0. The average Bonchev–Trinajstić information content (AvgIpc) is 2.21. The predicted octanol–water partition coefficient (Wildman–Crippen LogP) is 2.84. The van der Waals surface area contributed by atoms with E-state index in [9.17, 15) is 9.90 Å². The van der Waals surface area contributed by atoms with Crippen molar-refractivity contribution in [2.75, 3.05) is 5.88 Å². The number of halogens is 1. The van der Waals surface area contributed by atoms with Crippen molar-refractivity contribution in [3.63, 3.8) is 0 Å². The molecule has 3 nitrogen and oxygen atoms in total. The number of phenols is 1. The van der Waals surface area contributed by atoms with Crippen LogP contribution in [0.25, 0.3) is 0 Å². The summed E-state index contributed by atoms with van der Waals surface area (Å²) in [6, 6.07) is 5.11. The van der Waals surface area contributed by atoms with Crippen LogP contribution in [0.4, 0.5) is 0 Å². The van der Waals surface area contributed by atoms with Crippen LogP contribution >= 0.6 is 11.6 Å². The smallest absolute Gasteiger partial charge is 0.255 e. The largest absolute Gasteiger partial charge is 0.507 e. The molecule has 0 aliphatic carbocycles. The molecule has 0 aliphatic heterocycles. The van der Waals surface area contributed by atoms with Gasteiger partial charge in [-0.25, -0.2) is 0 Å². The third-order valence-corrected chi connectivity index (χ3v) is 2.84. The van der Waals surface area contributed by atoms with E-state index in [2.05, 4.69) is 5.32 Å². The van der Waals surface area contributed by atoms with E-state index in [4.69, 9.17) is 11.6 Å². The van der Waals surface area contributed by atoms with Crippen LogP contribution in [0.15, 0.2) is 18.2 Å². The van der Waals surface area contributed by atoms with E-state index in [0.717, 1.165) is 0 Å². The minimum absolute atomic E-state index is 0.0340. The first-order valence-corrected chi connectivity index (χ1v) is 6.08. The van der Waals surface area contributed by atoms with Crippen LogP contribution in [0.5, 0.6) is 5.75 Å². The lowest BCUT2D eigenvalue weighted by atomic mass is 10.0. The minimum atomic E-state index is -0.380. The Hall–Kier alpha value is -1.22. The van der Waals surface area contributed by atoms with Gasteiger partial charge >= 0.3 is 0 Å². The van der Waals surface area contributed by atoms with Gasteiger partial charge in [0.1, 0.15) is 5.75 Å². The van der Waals surface area contributed by atoms with E-state index in [1.54, 1.807) is 25.1 Å². The zero-order chi connectivity index (χ0) is 13.1. The second-order valence-electron chi connectivity index (χ2n) is 4.75. The number of phenolic OH excluding ortho intramolecular Hbond substituents is 1. The van der Waals surface area contributed by atoms with Crippen molar-refractivity contribution in [1.82, 2.24) is 5.32 Å². The fourth-order valence-electron chi connectivity index (χ4n) is 1.52. The van der Waals surface area contributed by atoms with E-state index < -0.39 is 0 Å². The molecule has 0 spiro atoms. The van der Waals surface area contributed by atoms with Crippen LogP contribution in [-0.2, 0) is 0 Å². The number of alkyl halides is 1. The van der Waals surface area contributed by atoms with Crippen molar-refractivity contribution in [1.29, 1.82) is 0 Å². The topological polar surface area (TPSA) is 49.3 Å². The molecular weight excluding hydrogens is 238 g/mol. The molecule has 1 aromatic carbocycles. The highest BCUT2D eigenvalue weighted by atomic mass is 35.5. The number of aromatic hydroxyl groups is 1. The summed E-state index contributed by atoms with van der Waals surface area (Å²) in [5.74, 6) is 0.237. The molecule has 0 saturated carbocycles. The van der Waals surface area contributed by atoms with Gasteiger partial charge in [0.15, 0.2) is 0 Å². The SMILES string of the molecule is Cc1cccc(C(=O)NC(C)(C)CCCl)c1O. The molecule has 1 amide bonds. The molecule has 0 fully saturated rings. The van der Waals surface area contributed by atoms with Crippen molar-refractivity contribution in [2.24, 2.45) is 0 Å². The second-order valence-corrected chi connectivity index (χ2v) is 5.13. The Morgan fingerprint density at radius 2 is 2.12 bits per heavy atom. The Morgan fingerprint density at radius 3 is 2.71 bits per heavy atom. The maximum atomic E-state index is 12.0. The summed E-state index contributed by atoms with van der Waals surface area (Å²) in [7, 11) is 0. The van der Waals surface area contributed by atoms with Crippen LogP contribution in [0, 0.1) is 6.92 Å². The van der Waals surface area contributed by atoms with Crippen molar-refractivity contribution in [2.45, 2.75) is 32.7 Å². The van der Waals surface area contributed by atoms with Crippen molar-refractivity contribution in [3.05, 3.63) is 29.3 Å². The maximum Gasteiger partial charge on any atom is 0.255 e. The van der Waals surface area contributed by atoms with Gasteiger partial charge in [-0.3, -0.25) is 4.79 Å². The molecule has 2 N–H and O–H groups in total. The van der Waals surface area contributed by atoms with Gasteiger partial charge in [-0.1, -0.05) is 12.1 Å². The van der Waals surface area contributed by atoms with Crippen molar-refractivity contribution < 1.29 is 9.90 Å². The van der Waals surface area contributed by atoms with Crippen LogP contribution in [0.1, 0.15) is 36.2 Å². The first-order chi connectivity index (χ1) is 7.87. The highest BCUT2D eigenvalue weighted by Gasteiger charge is 2.22. The zero-order valence-electron chi connectivity index (χ0n) is 10.4. The van der Waals surface area contributed by atoms with Crippen LogP contribution in [-0.4, -0.2) is 22.4 Å². The molecule has 0 atom stereocenters. The van der Waals surface area contributed by atoms with Gasteiger partial charge in [0.2, 0.25) is 0 Å². The lowest BCUT2D eigenvalue weighted by Gasteiger charge is -2.25.